The summed E-state index contributed by atoms with van der Waals surface area (Å²) < 4.78 is 0.913. The molecule has 2 atom stereocenters. The Kier molecular flexibility index (Phi) is 5.55. The second-order valence-corrected chi connectivity index (χ2v) is 5.27. The molecule has 2 unspecified atom stereocenters. The molecule has 1 aromatic carbocycles. The molecular weight excluding hydrogens is 286 g/mol. The topological polar surface area (TPSA) is 72.7 Å². The van der Waals surface area contributed by atoms with E-state index in [1.54, 1.807) is 0 Å². The number of nitrogens with one attached hydrogen (secondary N) is 1. The molecule has 1 rings (SSSR count). The first-order valence-electron chi connectivity index (χ1n) is 5.42. The van der Waals surface area contributed by atoms with E-state index in [0.717, 1.165) is 10.0 Å². The molecule has 0 aliphatic rings. The highest BCUT2D eigenvalue weighted by molar-refractivity contribution is 9.10. The van der Waals surface area contributed by atoms with Crippen molar-refractivity contribution in [3.8, 4) is 0 Å². The number of hydrogen-bond donors (Lipinski definition) is 4. The predicted octanol–water partition coefficient (Wildman–Crippen LogP) is 0.815. The minimum atomic E-state index is -1.16. The Morgan fingerprint density at radius 1 is 1.47 bits per heavy atom. The van der Waals surface area contributed by atoms with Gasteiger partial charge in [-0.05, 0) is 24.6 Å². The van der Waals surface area contributed by atoms with Crippen molar-refractivity contribution in [2.75, 3.05) is 19.7 Å². The van der Waals surface area contributed by atoms with Crippen LogP contribution < -0.4 is 5.32 Å². The van der Waals surface area contributed by atoms with E-state index in [4.69, 9.17) is 5.11 Å². The lowest BCUT2D eigenvalue weighted by molar-refractivity contribution is 0.000728. The molecular formula is C12H18BrNO3. The molecule has 0 spiro atoms. The Morgan fingerprint density at radius 3 is 2.76 bits per heavy atom. The SMILES string of the molecule is CC(O)(CO)CNCC(O)c1cccc(Br)c1. The van der Waals surface area contributed by atoms with Crippen molar-refractivity contribution >= 4 is 15.9 Å². The van der Waals surface area contributed by atoms with E-state index in [-0.39, 0.29) is 13.2 Å². The molecule has 0 aromatic heterocycles. The van der Waals surface area contributed by atoms with E-state index >= 15 is 0 Å². The number of rotatable bonds is 6. The molecule has 5 heteroatoms. The van der Waals surface area contributed by atoms with E-state index in [9.17, 15) is 10.2 Å². The molecule has 0 radical (unpaired) electrons. The lowest BCUT2D eigenvalue weighted by Crippen LogP contribution is -2.42. The summed E-state index contributed by atoms with van der Waals surface area (Å²) in [5, 5.41) is 31.2. The molecule has 0 saturated heterocycles. The summed E-state index contributed by atoms with van der Waals surface area (Å²) in [5.41, 5.74) is -0.354. The zero-order valence-corrected chi connectivity index (χ0v) is 11.3. The Bertz CT molecular complexity index is 357. The summed E-state index contributed by atoms with van der Waals surface area (Å²) >= 11 is 3.34. The van der Waals surface area contributed by atoms with Gasteiger partial charge in [0.1, 0.15) is 0 Å². The summed E-state index contributed by atoms with van der Waals surface area (Å²) in [4.78, 5) is 0. The first-order chi connectivity index (χ1) is 7.94. The molecule has 1 aromatic rings. The Labute approximate surface area is 109 Å². The molecule has 0 saturated carbocycles. The van der Waals surface area contributed by atoms with Crippen LogP contribution in [-0.4, -0.2) is 40.6 Å². The van der Waals surface area contributed by atoms with Gasteiger partial charge in [-0.25, -0.2) is 0 Å². The van der Waals surface area contributed by atoms with Gasteiger partial charge in [0.05, 0.1) is 18.3 Å². The normalized spacial score (nSPS) is 16.5. The van der Waals surface area contributed by atoms with Gasteiger partial charge in [0.15, 0.2) is 0 Å². The molecule has 0 amide bonds. The fraction of sp³-hybridized carbons (Fsp3) is 0.500. The van der Waals surface area contributed by atoms with Gasteiger partial charge in [0.25, 0.3) is 0 Å². The van der Waals surface area contributed by atoms with Crippen molar-refractivity contribution < 1.29 is 15.3 Å². The maximum absolute atomic E-state index is 9.89. The van der Waals surface area contributed by atoms with E-state index in [0.29, 0.717) is 6.54 Å². The van der Waals surface area contributed by atoms with Gasteiger partial charge < -0.3 is 20.6 Å². The summed E-state index contributed by atoms with van der Waals surface area (Å²) in [7, 11) is 0. The largest absolute Gasteiger partial charge is 0.393 e. The molecule has 0 aliphatic heterocycles. The second kappa shape index (κ2) is 6.47. The quantitative estimate of drug-likeness (QED) is 0.628. The van der Waals surface area contributed by atoms with Gasteiger partial charge in [-0.3, -0.25) is 0 Å². The average molecular weight is 304 g/mol. The van der Waals surface area contributed by atoms with Crippen LogP contribution in [0.15, 0.2) is 28.7 Å². The van der Waals surface area contributed by atoms with Crippen LogP contribution in [-0.2, 0) is 0 Å². The number of aliphatic hydroxyl groups excluding tert-OH is 2. The Morgan fingerprint density at radius 2 is 2.18 bits per heavy atom. The van der Waals surface area contributed by atoms with Gasteiger partial charge in [0.2, 0.25) is 0 Å². The maximum Gasteiger partial charge on any atom is 0.0972 e. The third kappa shape index (κ3) is 5.14. The van der Waals surface area contributed by atoms with Crippen molar-refractivity contribution in [2.24, 2.45) is 0 Å². The van der Waals surface area contributed by atoms with E-state index in [1.165, 1.54) is 6.92 Å². The highest BCUT2D eigenvalue weighted by Gasteiger charge is 2.18. The van der Waals surface area contributed by atoms with E-state index in [1.807, 2.05) is 24.3 Å². The molecule has 17 heavy (non-hydrogen) atoms. The average Bonchev–Trinajstić information content (AvgIpc) is 2.28. The molecule has 0 aliphatic carbocycles. The maximum atomic E-state index is 9.89. The first kappa shape index (κ1) is 14.6. The van der Waals surface area contributed by atoms with Crippen LogP contribution in [0.4, 0.5) is 0 Å². The monoisotopic (exact) mass is 303 g/mol. The van der Waals surface area contributed by atoms with E-state index in [2.05, 4.69) is 21.2 Å². The fourth-order valence-electron chi connectivity index (χ4n) is 1.37. The number of halogens is 1. The summed E-state index contributed by atoms with van der Waals surface area (Å²) in [6, 6.07) is 7.42. The molecule has 4 N–H and O–H groups in total. The Hall–Kier alpha value is -0.460. The second-order valence-electron chi connectivity index (χ2n) is 4.36. The van der Waals surface area contributed by atoms with Crippen LogP contribution in [0.5, 0.6) is 0 Å². The van der Waals surface area contributed by atoms with Crippen molar-refractivity contribution in [1.29, 1.82) is 0 Å². The third-order valence-corrected chi connectivity index (χ3v) is 2.91. The lowest BCUT2D eigenvalue weighted by atomic mass is 10.1. The smallest absolute Gasteiger partial charge is 0.0972 e. The highest BCUT2D eigenvalue weighted by atomic mass is 79.9. The van der Waals surface area contributed by atoms with Crippen LogP contribution in [0, 0.1) is 0 Å². The molecule has 0 heterocycles. The zero-order chi connectivity index (χ0) is 12.9. The van der Waals surface area contributed by atoms with Crippen LogP contribution in [0.2, 0.25) is 0 Å². The Balaban J connectivity index is 2.42. The molecule has 4 nitrogen and oxygen atoms in total. The molecule has 96 valence electrons. The third-order valence-electron chi connectivity index (χ3n) is 2.42. The van der Waals surface area contributed by atoms with E-state index < -0.39 is 11.7 Å². The van der Waals surface area contributed by atoms with Gasteiger partial charge in [-0.2, -0.15) is 0 Å². The van der Waals surface area contributed by atoms with Crippen LogP contribution >= 0.6 is 15.9 Å². The number of benzene rings is 1. The van der Waals surface area contributed by atoms with Gasteiger partial charge in [0, 0.05) is 17.6 Å². The molecule has 0 fully saturated rings. The van der Waals surface area contributed by atoms with Crippen LogP contribution in [0.25, 0.3) is 0 Å². The van der Waals surface area contributed by atoms with Crippen molar-refractivity contribution in [3.63, 3.8) is 0 Å². The molecule has 0 bridgehead atoms. The van der Waals surface area contributed by atoms with Crippen LogP contribution in [0.1, 0.15) is 18.6 Å². The fourth-order valence-corrected chi connectivity index (χ4v) is 1.78. The predicted molar refractivity (Wildman–Crippen MR) is 69.7 cm³/mol. The van der Waals surface area contributed by atoms with Crippen molar-refractivity contribution in [2.45, 2.75) is 18.6 Å². The van der Waals surface area contributed by atoms with Crippen molar-refractivity contribution in [1.82, 2.24) is 5.32 Å². The van der Waals surface area contributed by atoms with Gasteiger partial charge >= 0.3 is 0 Å². The number of hydrogen-bond acceptors (Lipinski definition) is 4. The van der Waals surface area contributed by atoms with Crippen molar-refractivity contribution in [3.05, 3.63) is 34.3 Å². The summed E-state index contributed by atoms with van der Waals surface area (Å²) in [6.07, 6.45) is -0.637. The lowest BCUT2D eigenvalue weighted by Gasteiger charge is -2.22. The standard InChI is InChI=1S/C12H18BrNO3/c1-12(17,8-15)7-14-6-11(16)9-3-2-4-10(13)5-9/h2-5,11,14-17H,6-8H2,1H3. The minimum Gasteiger partial charge on any atom is -0.393 e. The van der Waals surface area contributed by atoms with Gasteiger partial charge in [-0.15, -0.1) is 0 Å². The van der Waals surface area contributed by atoms with Gasteiger partial charge in [-0.1, -0.05) is 28.1 Å². The highest BCUT2D eigenvalue weighted by Crippen LogP contribution is 2.17. The summed E-state index contributed by atoms with van der Waals surface area (Å²) in [6.45, 7) is 1.78. The number of aliphatic hydroxyl groups is 3. The van der Waals surface area contributed by atoms with Crippen LogP contribution in [0.3, 0.4) is 0 Å². The summed E-state index contributed by atoms with van der Waals surface area (Å²) in [5.74, 6) is 0. The minimum absolute atomic E-state index is 0.231. The zero-order valence-electron chi connectivity index (χ0n) is 9.73. The first-order valence-corrected chi connectivity index (χ1v) is 6.21.